The van der Waals surface area contributed by atoms with Crippen LogP contribution < -0.4 is 4.74 Å². The first-order valence-electron chi connectivity index (χ1n) is 3.93. The highest BCUT2D eigenvalue weighted by molar-refractivity contribution is 6.36. The number of nitrogens with one attached hydrogen (secondary N) is 1. The Kier molecular flexibility index (Phi) is 2.13. The molecule has 4 nitrogen and oxygen atoms in total. The van der Waals surface area contributed by atoms with E-state index < -0.39 is 0 Å². The molecule has 0 bridgehead atoms. The molecule has 0 saturated carbocycles. The van der Waals surface area contributed by atoms with Crippen LogP contribution in [0.4, 0.5) is 0 Å². The Morgan fingerprint density at radius 1 is 1.64 bits per heavy atom. The molecular weight excluding hydrogens is 204 g/mol. The number of hydrogen-bond donors (Lipinski definition) is 1. The van der Waals surface area contributed by atoms with Crippen LogP contribution in [0.5, 0.6) is 5.88 Å². The summed E-state index contributed by atoms with van der Waals surface area (Å²) < 4.78 is 4.94. The number of fused-ring (bicyclic) bond motifs is 1. The van der Waals surface area contributed by atoms with E-state index in [0.717, 1.165) is 6.29 Å². The van der Waals surface area contributed by atoms with Crippen molar-refractivity contribution >= 4 is 28.9 Å². The predicted octanol–water partition coefficient (Wildman–Crippen LogP) is 2.04. The van der Waals surface area contributed by atoms with E-state index in [1.165, 1.54) is 7.11 Å². The lowest BCUT2D eigenvalue weighted by Gasteiger charge is -2.00. The third kappa shape index (κ3) is 1.24. The number of ether oxygens (including phenoxy) is 1. The Labute approximate surface area is 84.9 Å². The molecule has 2 aromatic heterocycles. The van der Waals surface area contributed by atoms with E-state index in [9.17, 15) is 4.79 Å². The Morgan fingerprint density at radius 3 is 3.07 bits per heavy atom. The molecule has 1 N–H and O–H groups in total. The molecule has 0 aromatic carbocycles. The van der Waals surface area contributed by atoms with Crippen molar-refractivity contribution in [3.63, 3.8) is 0 Å². The quantitative estimate of drug-likeness (QED) is 0.772. The first-order valence-corrected chi connectivity index (χ1v) is 4.31. The van der Waals surface area contributed by atoms with Gasteiger partial charge in [-0.25, -0.2) is 0 Å². The second-order valence-electron chi connectivity index (χ2n) is 2.73. The number of aldehydes is 1. The van der Waals surface area contributed by atoms with Crippen LogP contribution in [0.1, 0.15) is 10.4 Å². The minimum absolute atomic E-state index is 0.387. The average molecular weight is 211 g/mol. The number of carbonyl (C=O) groups is 1. The first kappa shape index (κ1) is 9.02. The topological polar surface area (TPSA) is 55.0 Å². The molecular formula is C9H7ClN2O2. The zero-order chi connectivity index (χ0) is 10.1. The third-order valence-corrected chi connectivity index (χ3v) is 2.24. The van der Waals surface area contributed by atoms with Gasteiger partial charge in [-0.15, -0.1) is 0 Å². The zero-order valence-corrected chi connectivity index (χ0v) is 8.13. The molecule has 0 saturated heterocycles. The summed E-state index contributed by atoms with van der Waals surface area (Å²) in [6.45, 7) is 0. The van der Waals surface area contributed by atoms with E-state index in [4.69, 9.17) is 16.3 Å². The fourth-order valence-electron chi connectivity index (χ4n) is 1.30. The Balaban J connectivity index is 2.82. The highest BCUT2D eigenvalue weighted by atomic mass is 35.5. The fraction of sp³-hybridized carbons (Fsp3) is 0.111. The number of pyridine rings is 1. The van der Waals surface area contributed by atoms with Crippen LogP contribution >= 0.6 is 11.6 Å². The minimum Gasteiger partial charge on any atom is -0.481 e. The maximum atomic E-state index is 10.8. The van der Waals surface area contributed by atoms with E-state index in [-0.39, 0.29) is 0 Å². The van der Waals surface area contributed by atoms with Gasteiger partial charge in [0.15, 0.2) is 6.29 Å². The molecule has 0 spiro atoms. The van der Waals surface area contributed by atoms with Crippen LogP contribution in [0.15, 0.2) is 12.3 Å². The van der Waals surface area contributed by atoms with Gasteiger partial charge in [-0.05, 0) is 0 Å². The van der Waals surface area contributed by atoms with Gasteiger partial charge in [0, 0.05) is 23.2 Å². The summed E-state index contributed by atoms with van der Waals surface area (Å²) in [6, 6.07) is 1.55. The summed E-state index contributed by atoms with van der Waals surface area (Å²) in [4.78, 5) is 17.7. The minimum atomic E-state index is 0.387. The molecule has 2 heterocycles. The lowest BCUT2D eigenvalue weighted by molar-refractivity contribution is 0.112. The molecule has 0 amide bonds. The summed E-state index contributed by atoms with van der Waals surface area (Å²) in [5, 5.41) is 1.11. The van der Waals surface area contributed by atoms with Crippen molar-refractivity contribution in [1.82, 2.24) is 9.97 Å². The van der Waals surface area contributed by atoms with Crippen LogP contribution in [0.25, 0.3) is 11.0 Å². The van der Waals surface area contributed by atoms with Gasteiger partial charge in [0.05, 0.1) is 12.1 Å². The van der Waals surface area contributed by atoms with Crippen molar-refractivity contribution in [3.05, 3.63) is 22.8 Å². The Morgan fingerprint density at radius 2 is 2.43 bits per heavy atom. The van der Waals surface area contributed by atoms with E-state index >= 15 is 0 Å². The van der Waals surface area contributed by atoms with Crippen molar-refractivity contribution in [1.29, 1.82) is 0 Å². The maximum absolute atomic E-state index is 10.8. The molecule has 0 aliphatic heterocycles. The third-order valence-electron chi connectivity index (χ3n) is 1.94. The highest BCUT2D eigenvalue weighted by Crippen LogP contribution is 2.26. The molecule has 0 atom stereocenters. The van der Waals surface area contributed by atoms with Crippen molar-refractivity contribution in [3.8, 4) is 5.88 Å². The van der Waals surface area contributed by atoms with Gasteiger partial charge in [-0.1, -0.05) is 11.6 Å². The lowest BCUT2D eigenvalue weighted by atomic mass is 10.2. The number of hydrogen-bond acceptors (Lipinski definition) is 3. The molecule has 72 valence electrons. The molecule has 0 aliphatic carbocycles. The van der Waals surface area contributed by atoms with E-state index in [0.29, 0.717) is 27.5 Å². The summed E-state index contributed by atoms with van der Waals surface area (Å²) in [6.07, 6.45) is 2.32. The predicted molar refractivity (Wildman–Crippen MR) is 53.0 cm³/mol. The number of halogens is 1. The van der Waals surface area contributed by atoms with Crippen molar-refractivity contribution in [2.75, 3.05) is 7.11 Å². The van der Waals surface area contributed by atoms with E-state index in [1.54, 1.807) is 12.3 Å². The van der Waals surface area contributed by atoms with E-state index in [2.05, 4.69) is 9.97 Å². The summed E-state index contributed by atoms with van der Waals surface area (Å²) in [5.41, 5.74) is 1.02. The van der Waals surface area contributed by atoms with Crippen molar-refractivity contribution < 1.29 is 9.53 Å². The standard InChI is InChI=1S/C9H7ClN2O2/c1-14-7-2-5(4-13)8-6(10)3-11-9(8)12-7/h2-4H,1H3,(H,11,12). The normalized spacial score (nSPS) is 10.4. The van der Waals surface area contributed by atoms with Gasteiger partial charge in [0.1, 0.15) is 5.65 Å². The van der Waals surface area contributed by atoms with Crippen LogP contribution in [-0.2, 0) is 0 Å². The number of H-pyrrole nitrogens is 1. The molecule has 14 heavy (non-hydrogen) atoms. The summed E-state index contributed by atoms with van der Waals surface area (Å²) >= 11 is 5.88. The maximum Gasteiger partial charge on any atom is 0.215 e. The second-order valence-corrected chi connectivity index (χ2v) is 3.14. The van der Waals surface area contributed by atoms with Gasteiger partial charge in [0.25, 0.3) is 0 Å². The van der Waals surface area contributed by atoms with Gasteiger partial charge in [-0.2, -0.15) is 4.98 Å². The number of methoxy groups -OCH3 is 1. The number of aromatic amines is 1. The van der Waals surface area contributed by atoms with Gasteiger partial charge < -0.3 is 9.72 Å². The van der Waals surface area contributed by atoms with Crippen LogP contribution in [-0.4, -0.2) is 23.4 Å². The smallest absolute Gasteiger partial charge is 0.215 e. The first-order chi connectivity index (χ1) is 6.76. The molecule has 0 radical (unpaired) electrons. The van der Waals surface area contributed by atoms with Gasteiger partial charge in [-0.3, -0.25) is 4.79 Å². The highest BCUT2D eigenvalue weighted by Gasteiger charge is 2.10. The molecule has 0 aliphatic rings. The molecule has 2 aromatic rings. The zero-order valence-electron chi connectivity index (χ0n) is 7.37. The lowest BCUT2D eigenvalue weighted by Crippen LogP contribution is -1.91. The summed E-state index contributed by atoms with van der Waals surface area (Å²) in [5.74, 6) is 0.387. The Hall–Kier alpha value is -1.55. The molecule has 0 fully saturated rings. The van der Waals surface area contributed by atoms with Crippen LogP contribution in [0, 0.1) is 0 Å². The SMILES string of the molecule is COc1cc(C=O)c2c(Cl)c[nH]c2n1. The molecule has 5 heteroatoms. The monoisotopic (exact) mass is 210 g/mol. The van der Waals surface area contributed by atoms with Crippen LogP contribution in [0.2, 0.25) is 5.02 Å². The van der Waals surface area contributed by atoms with Gasteiger partial charge >= 0.3 is 0 Å². The van der Waals surface area contributed by atoms with Crippen molar-refractivity contribution in [2.24, 2.45) is 0 Å². The number of nitrogens with zero attached hydrogens (tertiary/aromatic N) is 1. The largest absolute Gasteiger partial charge is 0.481 e. The molecule has 0 unspecified atom stereocenters. The number of aromatic nitrogens is 2. The fourth-order valence-corrected chi connectivity index (χ4v) is 1.55. The van der Waals surface area contributed by atoms with Crippen LogP contribution in [0.3, 0.4) is 0 Å². The van der Waals surface area contributed by atoms with E-state index in [1.807, 2.05) is 0 Å². The van der Waals surface area contributed by atoms with Crippen molar-refractivity contribution in [2.45, 2.75) is 0 Å². The molecule has 2 rings (SSSR count). The second kappa shape index (κ2) is 3.31. The average Bonchev–Trinajstić information content (AvgIpc) is 2.59. The number of rotatable bonds is 2. The number of carbonyl (C=O) groups excluding carboxylic acids is 1. The Bertz CT molecular complexity index is 493. The van der Waals surface area contributed by atoms with Gasteiger partial charge in [0.2, 0.25) is 5.88 Å². The summed E-state index contributed by atoms with van der Waals surface area (Å²) in [7, 11) is 1.49.